The van der Waals surface area contributed by atoms with Crippen molar-refractivity contribution in [1.82, 2.24) is 4.90 Å². The van der Waals surface area contributed by atoms with Gasteiger partial charge in [-0.05, 0) is 36.5 Å². The average molecular weight is 317 g/mol. The first kappa shape index (κ1) is 12.9. The van der Waals surface area contributed by atoms with Gasteiger partial charge in [0.25, 0.3) is 5.91 Å². The summed E-state index contributed by atoms with van der Waals surface area (Å²) < 4.78 is 0.835. The highest BCUT2D eigenvalue weighted by Crippen LogP contribution is 2.38. The summed E-state index contributed by atoms with van der Waals surface area (Å²) in [6, 6.07) is 5.30. The minimum Gasteiger partial charge on any atom is -0.341 e. The summed E-state index contributed by atoms with van der Waals surface area (Å²) in [4.78, 5) is 13.9. The molecule has 2 unspecified atom stereocenters. The lowest BCUT2D eigenvalue weighted by atomic mass is 10.2. The van der Waals surface area contributed by atoms with Gasteiger partial charge in [-0.2, -0.15) is 0 Å². The monoisotopic (exact) mass is 315 g/mol. The molecule has 1 aromatic carbocycles. The van der Waals surface area contributed by atoms with Crippen LogP contribution in [0.3, 0.4) is 0 Å². The van der Waals surface area contributed by atoms with Crippen molar-refractivity contribution >= 4 is 33.4 Å². The topological polar surface area (TPSA) is 20.3 Å². The summed E-state index contributed by atoms with van der Waals surface area (Å²) in [7, 11) is 1.85. The second-order valence-electron chi connectivity index (χ2n) is 4.82. The molecular formula is C13H15BrClNO. The Morgan fingerprint density at radius 3 is 2.71 bits per heavy atom. The number of halogens is 2. The zero-order chi connectivity index (χ0) is 12.6. The quantitative estimate of drug-likeness (QED) is 0.830. The van der Waals surface area contributed by atoms with Crippen LogP contribution in [0.4, 0.5) is 0 Å². The molecule has 1 aromatic rings. The lowest BCUT2D eigenvalue weighted by Crippen LogP contribution is -2.29. The number of benzene rings is 1. The highest BCUT2D eigenvalue weighted by molar-refractivity contribution is 9.10. The number of rotatable bonds is 3. The van der Waals surface area contributed by atoms with E-state index in [9.17, 15) is 4.79 Å². The van der Waals surface area contributed by atoms with E-state index in [2.05, 4.69) is 22.9 Å². The van der Waals surface area contributed by atoms with E-state index in [-0.39, 0.29) is 5.91 Å². The van der Waals surface area contributed by atoms with Crippen LogP contribution in [0.25, 0.3) is 0 Å². The van der Waals surface area contributed by atoms with Crippen LogP contribution in [-0.4, -0.2) is 24.4 Å². The molecule has 1 saturated carbocycles. The fourth-order valence-corrected chi connectivity index (χ4v) is 2.85. The highest BCUT2D eigenvalue weighted by Gasteiger charge is 2.34. The summed E-state index contributed by atoms with van der Waals surface area (Å²) in [5.74, 6) is 1.47. The maximum Gasteiger partial charge on any atom is 0.253 e. The number of hydrogen-bond donors (Lipinski definition) is 0. The zero-order valence-corrected chi connectivity index (χ0v) is 12.3. The van der Waals surface area contributed by atoms with Gasteiger partial charge in [0.15, 0.2) is 0 Å². The average Bonchev–Trinajstić information content (AvgIpc) is 2.91. The molecule has 92 valence electrons. The second-order valence-corrected chi connectivity index (χ2v) is 6.17. The van der Waals surface area contributed by atoms with Gasteiger partial charge in [0.05, 0.1) is 0 Å². The van der Waals surface area contributed by atoms with Crippen LogP contribution < -0.4 is 0 Å². The number of hydrogen-bond acceptors (Lipinski definition) is 1. The zero-order valence-electron chi connectivity index (χ0n) is 9.91. The molecular weight excluding hydrogens is 302 g/mol. The molecule has 1 amide bonds. The maximum atomic E-state index is 12.2. The molecule has 2 nitrogen and oxygen atoms in total. The van der Waals surface area contributed by atoms with Crippen molar-refractivity contribution in [2.24, 2.45) is 11.8 Å². The normalized spacial score (nSPS) is 22.4. The Morgan fingerprint density at radius 2 is 2.18 bits per heavy atom. The Hall–Kier alpha value is -0.540. The van der Waals surface area contributed by atoms with Crippen molar-refractivity contribution in [2.75, 3.05) is 13.6 Å². The summed E-state index contributed by atoms with van der Waals surface area (Å²) in [5.41, 5.74) is 0.639. The molecule has 1 fully saturated rings. The van der Waals surface area contributed by atoms with Crippen LogP contribution in [0.5, 0.6) is 0 Å². The molecule has 1 aliphatic rings. The lowest BCUT2D eigenvalue weighted by Gasteiger charge is -2.17. The van der Waals surface area contributed by atoms with Crippen molar-refractivity contribution in [3.63, 3.8) is 0 Å². The van der Waals surface area contributed by atoms with E-state index in [0.29, 0.717) is 16.5 Å². The summed E-state index contributed by atoms with van der Waals surface area (Å²) in [6.07, 6.45) is 1.23. The molecule has 2 rings (SSSR count). The van der Waals surface area contributed by atoms with Gasteiger partial charge in [-0.15, -0.1) is 0 Å². The fourth-order valence-electron chi connectivity index (χ4n) is 1.99. The van der Waals surface area contributed by atoms with E-state index in [1.54, 1.807) is 23.1 Å². The standard InChI is InChI=1S/C13H15BrClNO/c1-8-3-10(8)7-16(2)13(17)9-4-11(14)6-12(15)5-9/h4-6,8,10H,3,7H2,1-2H3. The predicted molar refractivity (Wildman–Crippen MR) is 73.4 cm³/mol. The van der Waals surface area contributed by atoms with Gasteiger partial charge in [-0.1, -0.05) is 34.5 Å². The largest absolute Gasteiger partial charge is 0.341 e. The highest BCUT2D eigenvalue weighted by atomic mass is 79.9. The van der Waals surface area contributed by atoms with Crippen LogP contribution in [0.2, 0.25) is 5.02 Å². The van der Waals surface area contributed by atoms with Gasteiger partial charge < -0.3 is 4.90 Å². The fraction of sp³-hybridized carbons (Fsp3) is 0.462. The molecule has 0 heterocycles. The van der Waals surface area contributed by atoms with Crippen LogP contribution in [-0.2, 0) is 0 Å². The van der Waals surface area contributed by atoms with Gasteiger partial charge in [-0.25, -0.2) is 0 Å². The Morgan fingerprint density at radius 1 is 1.53 bits per heavy atom. The maximum absolute atomic E-state index is 12.2. The molecule has 0 bridgehead atoms. The van der Waals surface area contributed by atoms with Crippen molar-refractivity contribution < 1.29 is 4.79 Å². The van der Waals surface area contributed by atoms with E-state index >= 15 is 0 Å². The summed E-state index contributed by atoms with van der Waals surface area (Å²) >= 11 is 9.29. The van der Waals surface area contributed by atoms with E-state index < -0.39 is 0 Å². The Labute approximate surface area is 115 Å². The number of carbonyl (C=O) groups excluding carboxylic acids is 1. The Bertz CT molecular complexity index is 429. The molecule has 0 N–H and O–H groups in total. The molecule has 4 heteroatoms. The smallest absolute Gasteiger partial charge is 0.253 e. The molecule has 17 heavy (non-hydrogen) atoms. The third-order valence-electron chi connectivity index (χ3n) is 3.24. The van der Waals surface area contributed by atoms with Gasteiger partial charge in [0.2, 0.25) is 0 Å². The molecule has 1 aliphatic carbocycles. The number of amides is 1. The van der Waals surface area contributed by atoms with Crippen molar-refractivity contribution in [3.05, 3.63) is 33.3 Å². The first-order chi connectivity index (χ1) is 7.97. The van der Waals surface area contributed by atoms with Crippen molar-refractivity contribution in [2.45, 2.75) is 13.3 Å². The SMILES string of the molecule is CC1CC1CN(C)C(=O)c1cc(Cl)cc(Br)c1. The predicted octanol–water partition coefficient (Wildman–Crippen LogP) is 3.83. The minimum atomic E-state index is 0.0345. The van der Waals surface area contributed by atoms with Crippen LogP contribution in [0, 0.1) is 11.8 Å². The second kappa shape index (κ2) is 4.99. The van der Waals surface area contributed by atoms with E-state index in [1.807, 2.05) is 7.05 Å². The van der Waals surface area contributed by atoms with E-state index in [1.165, 1.54) is 6.42 Å². The first-order valence-electron chi connectivity index (χ1n) is 5.69. The number of carbonyl (C=O) groups is 1. The lowest BCUT2D eigenvalue weighted by molar-refractivity contribution is 0.0787. The third kappa shape index (κ3) is 3.23. The van der Waals surface area contributed by atoms with Crippen LogP contribution in [0.15, 0.2) is 22.7 Å². The van der Waals surface area contributed by atoms with E-state index in [4.69, 9.17) is 11.6 Å². The number of nitrogens with zero attached hydrogens (tertiary/aromatic N) is 1. The van der Waals surface area contributed by atoms with Crippen molar-refractivity contribution in [3.8, 4) is 0 Å². The van der Waals surface area contributed by atoms with Gasteiger partial charge >= 0.3 is 0 Å². The molecule has 0 radical (unpaired) electrons. The van der Waals surface area contributed by atoms with Crippen molar-refractivity contribution in [1.29, 1.82) is 0 Å². The Kier molecular flexibility index (Phi) is 3.79. The molecule has 2 atom stereocenters. The summed E-state index contributed by atoms with van der Waals surface area (Å²) in [5, 5.41) is 0.580. The van der Waals surface area contributed by atoms with E-state index in [0.717, 1.165) is 16.9 Å². The molecule has 0 spiro atoms. The molecule has 0 aromatic heterocycles. The summed E-state index contributed by atoms with van der Waals surface area (Å²) in [6.45, 7) is 3.06. The van der Waals surface area contributed by atoms with Gasteiger partial charge in [0.1, 0.15) is 0 Å². The minimum absolute atomic E-state index is 0.0345. The van der Waals surface area contributed by atoms with Crippen LogP contribution >= 0.6 is 27.5 Å². The first-order valence-corrected chi connectivity index (χ1v) is 6.86. The Balaban J connectivity index is 2.07. The van der Waals surface area contributed by atoms with Gasteiger partial charge in [-0.3, -0.25) is 4.79 Å². The van der Waals surface area contributed by atoms with Crippen LogP contribution in [0.1, 0.15) is 23.7 Å². The third-order valence-corrected chi connectivity index (χ3v) is 3.92. The molecule has 0 aliphatic heterocycles. The molecule has 0 saturated heterocycles. The van der Waals surface area contributed by atoms with Gasteiger partial charge in [0, 0.05) is 28.7 Å².